The van der Waals surface area contributed by atoms with Crippen molar-refractivity contribution in [3.63, 3.8) is 0 Å². The van der Waals surface area contributed by atoms with Crippen molar-refractivity contribution in [3.8, 4) is 0 Å². The quantitative estimate of drug-likeness (QED) is 0.722. The summed E-state index contributed by atoms with van der Waals surface area (Å²) in [5.41, 5.74) is 1.05. The lowest BCUT2D eigenvalue weighted by Crippen LogP contribution is -2.26. The molecular weight excluding hydrogens is 206 g/mol. The van der Waals surface area contributed by atoms with Gasteiger partial charge in [-0.15, -0.1) is 0 Å². The molecule has 1 heterocycles. The zero-order valence-corrected chi connectivity index (χ0v) is 10.1. The molecule has 0 aliphatic heterocycles. The number of carbonyl (C=O) groups excluding carboxylic acids is 1. The average Bonchev–Trinajstić information content (AvgIpc) is 2.73. The Labute approximate surface area is 96.0 Å². The maximum atomic E-state index is 11.6. The van der Waals surface area contributed by atoms with Gasteiger partial charge in [0.05, 0.1) is 19.2 Å². The molecule has 1 amide bonds. The van der Waals surface area contributed by atoms with Crippen molar-refractivity contribution >= 4 is 5.91 Å². The molecule has 5 nitrogen and oxygen atoms in total. The summed E-state index contributed by atoms with van der Waals surface area (Å²) in [6, 6.07) is 0. The third-order valence-corrected chi connectivity index (χ3v) is 2.38. The van der Waals surface area contributed by atoms with E-state index in [1.807, 2.05) is 17.8 Å². The summed E-state index contributed by atoms with van der Waals surface area (Å²) >= 11 is 0. The predicted octanol–water partition coefficient (Wildman–Crippen LogP) is 0.898. The molecule has 0 spiro atoms. The SMILES string of the molecule is CCn1cc(CN(C)C(=O)CCOC)cn1. The normalized spacial score (nSPS) is 10.4. The van der Waals surface area contributed by atoms with Crippen LogP contribution in [0.3, 0.4) is 0 Å². The maximum absolute atomic E-state index is 11.6. The Morgan fingerprint density at radius 2 is 2.38 bits per heavy atom. The average molecular weight is 225 g/mol. The number of ether oxygens (including phenoxy) is 1. The van der Waals surface area contributed by atoms with Gasteiger partial charge in [0.25, 0.3) is 0 Å². The van der Waals surface area contributed by atoms with Crippen molar-refractivity contribution in [2.75, 3.05) is 20.8 Å². The third kappa shape index (κ3) is 3.66. The molecule has 0 aliphatic carbocycles. The van der Waals surface area contributed by atoms with Gasteiger partial charge in [-0.1, -0.05) is 0 Å². The molecule has 0 fully saturated rings. The Bertz CT molecular complexity index is 336. The van der Waals surface area contributed by atoms with Crippen LogP contribution in [0.15, 0.2) is 12.4 Å². The monoisotopic (exact) mass is 225 g/mol. The molecule has 5 heteroatoms. The zero-order chi connectivity index (χ0) is 12.0. The van der Waals surface area contributed by atoms with Crippen LogP contribution in [-0.4, -0.2) is 41.4 Å². The van der Waals surface area contributed by atoms with Gasteiger partial charge in [0.15, 0.2) is 0 Å². The van der Waals surface area contributed by atoms with Crippen LogP contribution in [-0.2, 0) is 22.6 Å². The van der Waals surface area contributed by atoms with E-state index in [0.717, 1.165) is 12.1 Å². The van der Waals surface area contributed by atoms with E-state index < -0.39 is 0 Å². The van der Waals surface area contributed by atoms with Gasteiger partial charge in [0, 0.05) is 39.0 Å². The molecule has 0 aromatic carbocycles. The Balaban J connectivity index is 2.43. The lowest BCUT2D eigenvalue weighted by Gasteiger charge is -2.15. The predicted molar refractivity (Wildman–Crippen MR) is 60.9 cm³/mol. The first-order chi connectivity index (χ1) is 7.67. The third-order valence-electron chi connectivity index (χ3n) is 2.38. The Morgan fingerprint density at radius 3 is 2.94 bits per heavy atom. The summed E-state index contributed by atoms with van der Waals surface area (Å²) in [6.45, 7) is 3.95. The minimum absolute atomic E-state index is 0.0890. The molecule has 0 saturated carbocycles. The summed E-state index contributed by atoms with van der Waals surface area (Å²) in [7, 11) is 3.39. The van der Waals surface area contributed by atoms with Crippen LogP contribution in [0.1, 0.15) is 18.9 Å². The molecule has 0 bridgehead atoms. The highest BCUT2D eigenvalue weighted by atomic mass is 16.5. The second-order valence-corrected chi connectivity index (χ2v) is 3.70. The molecule has 1 aromatic heterocycles. The van der Waals surface area contributed by atoms with Gasteiger partial charge in [0.1, 0.15) is 0 Å². The van der Waals surface area contributed by atoms with E-state index >= 15 is 0 Å². The van der Waals surface area contributed by atoms with Crippen LogP contribution in [0.5, 0.6) is 0 Å². The number of hydrogen-bond acceptors (Lipinski definition) is 3. The van der Waals surface area contributed by atoms with Crippen LogP contribution < -0.4 is 0 Å². The van der Waals surface area contributed by atoms with Crippen molar-refractivity contribution in [1.29, 1.82) is 0 Å². The van der Waals surface area contributed by atoms with Crippen molar-refractivity contribution in [2.45, 2.75) is 26.4 Å². The van der Waals surface area contributed by atoms with Gasteiger partial charge in [0.2, 0.25) is 5.91 Å². The van der Waals surface area contributed by atoms with Gasteiger partial charge in [-0.05, 0) is 6.92 Å². The van der Waals surface area contributed by atoms with Crippen molar-refractivity contribution in [1.82, 2.24) is 14.7 Å². The highest BCUT2D eigenvalue weighted by Gasteiger charge is 2.09. The number of hydrogen-bond donors (Lipinski definition) is 0. The van der Waals surface area contributed by atoms with Crippen LogP contribution >= 0.6 is 0 Å². The van der Waals surface area contributed by atoms with Crippen LogP contribution in [0.25, 0.3) is 0 Å². The van der Waals surface area contributed by atoms with Gasteiger partial charge >= 0.3 is 0 Å². The number of nitrogens with zero attached hydrogens (tertiary/aromatic N) is 3. The summed E-state index contributed by atoms with van der Waals surface area (Å²) in [4.78, 5) is 13.3. The molecular formula is C11H19N3O2. The molecule has 0 radical (unpaired) electrons. The molecule has 16 heavy (non-hydrogen) atoms. The summed E-state index contributed by atoms with van der Waals surface area (Å²) < 4.78 is 6.72. The van der Waals surface area contributed by atoms with E-state index in [-0.39, 0.29) is 5.91 Å². The van der Waals surface area contributed by atoms with Crippen LogP contribution in [0.4, 0.5) is 0 Å². The van der Waals surface area contributed by atoms with E-state index in [1.54, 1.807) is 25.3 Å². The van der Waals surface area contributed by atoms with Crippen molar-refractivity contribution in [3.05, 3.63) is 18.0 Å². The number of carbonyl (C=O) groups is 1. The second-order valence-electron chi connectivity index (χ2n) is 3.70. The van der Waals surface area contributed by atoms with E-state index in [9.17, 15) is 4.79 Å². The molecule has 1 rings (SSSR count). The number of methoxy groups -OCH3 is 1. The largest absolute Gasteiger partial charge is 0.384 e. The molecule has 0 aliphatic rings. The second kappa shape index (κ2) is 6.27. The lowest BCUT2D eigenvalue weighted by molar-refractivity contribution is -0.131. The van der Waals surface area contributed by atoms with Gasteiger partial charge in [-0.3, -0.25) is 9.48 Å². The smallest absolute Gasteiger partial charge is 0.224 e. The standard InChI is InChI=1S/C11H19N3O2/c1-4-14-9-10(7-12-14)8-13(2)11(15)5-6-16-3/h7,9H,4-6,8H2,1-3H3. The van der Waals surface area contributed by atoms with E-state index in [1.165, 1.54) is 0 Å². The first-order valence-corrected chi connectivity index (χ1v) is 5.41. The maximum Gasteiger partial charge on any atom is 0.224 e. The van der Waals surface area contributed by atoms with Gasteiger partial charge in [-0.2, -0.15) is 5.10 Å². The topological polar surface area (TPSA) is 47.4 Å². The van der Waals surface area contributed by atoms with E-state index in [2.05, 4.69) is 5.10 Å². The first-order valence-electron chi connectivity index (χ1n) is 5.41. The van der Waals surface area contributed by atoms with E-state index in [0.29, 0.717) is 19.6 Å². The Hall–Kier alpha value is -1.36. The van der Waals surface area contributed by atoms with Crippen molar-refractivity contribution in [2.24, 2.45) is 0 Å². The van der Waals surface area contributed by atoms with Crippen LogP contribution in [0.2, 0.25) is 0 Å². The fraction of sp³-hybridized carbons (Fsp3) is 0.636. The van der Waals surface area contributed by atoms with Crippen LogP contribution in [0, 0.1) is 0 Å². The fourth-order valence-corrected chi connectivity index (χ4v) is 1.40. The molecule has 90 valence electrons. The van der Waals surface area contributed by atoms with Gasteiger partial charge in [-0.25, -0.2) is 0 Å². The van der Waals surface area contributed by atoms with E-state index in [4.69, 9.17) is 4.74 Å². The number of aryl methyl sites for hydroxylation is 1. The number of aromatic nitrogens is 2. The first kappa shape index (κ1) is 12.7. The number of rotatable bonds is 6. The molecule has 0 N–H and O–H groups in total. The Kier molecular flexibility index (Phi) is 4.98. The summed E-state index contributed by atoms with van der Waals surface area (Å²) in [5, 5.41) is 4.16. The highest BCUT2D eigenvalue weighted by molar-refractivity contribution is 5.75. The summed E-state index contributed by atoms with van der Waals surface area (Å²) in [6.07, 6.45) is 4.18. The minimum atomic E-state index is 0.0890. The molecule has 1 aromatic rings. The molecule has 0 saturated heterocycles. The zero-order valence-electron chi connectivity index (χ0n) is 10.1. The van der Waals surface area contributed by atoms with Crippen molar-refractivity contribution < 1.29 is 9.53 Å². The highest BCUT2D eigenvalue weighted by Crippen LogP contribution is 2.03. The van der Waals surface area contributed by atoms with Gasteiger partial charge < -0.3 is 9.64 Å². The fourth-order valence-electron chi connectivity index (χ4n) is 1.40. The Morgan fingerprint density at radius 1 is 1.62 bits per heavy atom. The minimum Gasteiger partial charge on any atom is -0.384 e. The lowest BCUT2D eigenvalue weighted by atomic mass is 10.3. The molecule has 0 unspecified atom stereocenters. The molecule has 0 atom stereocenters. The summed E-state index contributed by atoms with van der Waals surface area (Å²) in [5.74, 6) is 0.0890. The number of amides is 1.